The molecule has 0 saturated carbocycles. The first-order chi connectivity index (χ1) is 9.65. The molecule has 0 atom stereocenters. The lowest BCUT2D eigenvalue weighted by Crippen LogP contribution is -2.02. The molecule has 0 aliphatic carbocycles. The fraction of sp³-hybridized carbons (Fsp3) is 0.250. The summed E-state index contributed by atoms with van der Waals surface area (Å²) in [7, 11) is 1.49. The number of para-hydroxylation sites is 1. The number of aryl methyl sites for hydroxylation is 1. The summed E-state index contributed by atoms with van der Waals surface area (Å²) in [6.45, 7) is 1.88. The molecular weight excluding hydrogens is 259 g/mol. The summed E-state index contributed by atoms with van der Waals surface area (Å²) >= 11 is 0. The van der Waals surface area contributed by atoms with Crippen LogP contribution in [0.25, 0.3) is 0 Å². The van der Waals surface area contributed by atoms with Crippen molar-refractivity contribution in [2.24, 2.45) is 0 Å². The topological polar surface area (TPSA) is 38.7 Å². The van der Waals surface area contributed by atoms with Crippen molar-refractivity contribution in [3.05, 3.63) is 58.9 Å². The van der Waals surface area contributed by atoms with Crippen molar-refractivity contribution >= 4 is 0 Å². The molecule has 0 aromatic heterocycles. The number of halogens is 1. The fourth-order valence-corrected chi connectivity index (χ4v) is 1.97. The highest BCUT2D eigenvalue weighted by Gasteiger charge is 2.09. The average Bonchev–Trinajstić information content (AvgIpc) is 2.46. The van der Waals surface area contributed by atoms with Crippen LogP contribution in [-0.4, -0.2) is 12.2 Å². The second-order valence-electron chi connectivity index (χ2n) is 4.47. The van der Waals surface area contributed by atoms with Crippen molar-refractivity contribution < 1.29 is 19.0 Å². The molecule has 3 nitrogen and oxygen atoms in total. The van der Waals surface area contributed by atoms with Gasteiger partial charge >= 0.3 is 0 Å². The first-order valence-electron chi connectivity index (χ1n) is 6.30. The SMILES string of the molecule is COc1ccc(COc2c(C)cccc2CO)c(F)c1. The molecule has 0 fully saturated rings. The lowest BCUT2D eigenvalue weighted by atomic mass is 10.1. The zero-order chi connectivity index (χ0) is 14.5. The van der Waals surface area contributed by atoms with Crippen LogP contribution in [0.15, 0.2) is 36.4 Å². The molecule has 2 rings (SSSR count). The molecule has 2 aromatic rings. The molecule has 0 amide bonds. The monoisotopic (exact) mass is 276 g/mol. The Morgan fingerprint density at radius 2 is 1.95 bits per heavy atom. The smallest absolute Gasteiger partial charge is 0.133 e. The predicted molar refractivity (Wildman–Crippen MR) is 74.4 cm³/mol. The molecule has 2 aromatic carbocycles. The fourth-order valence-electron chi connectivity index (χ4n) is 1.97. The lowest BCUT2D eigenvalue weighted by molar-refractivity contribution is 0.256. The maximum absolute atomic E-state index is 13.8. The van der Waals surface area contributed by atoms with Gasteiger partial charge < -0.3 is 14.6 Å². The molecule has 0 aliphatic rings. The summed E-state index contributed by atoms with van der Waals surface area (Å²) in [5, 5.41) is 9.29. The van der Waals surface area contributed by atoms with E-state index in [1.54, 1.807) is 18.2 Å². The Labute approximate surface area is 117 Å². The number of hydrogen-bond donors (Lipinski definition) is 1. The van der Waals surface area contributed by atoms with Gasteiger partial charge in [0.15, 0.2) is 0 Å². The minimum Gasteiger partial charge on any atom is -0.497 e. The summed E-state index contributed by atoms with van der Waals surface area (Å²) in [6, 6.07) is 10.2. The number of benzene rings is 2. The highest BCUT2D eigenvalue weighted by molar-refractivity contribution is 5.40. The molecule has 0 bridgehead atoms. The van der Waals surface area contributed by atoms with E-state index in [0.717, 1.165) is 5.56 Å². The van der Waals surface area contributed by atoms with Crippen LogP contribution < -0.4 is 9.47 Å². The zero-order valence-corrected chi connectivity index (χ0v) is 11.5. The van der Waals surface area contributed by atoms with Gasteiger partial charge in [0.2, 0.25) is 0 Å². The minimum absolute atomic E-state index is 0.105. The Hall–Kier alpha value is -2.07. The Morgan fingerprint density at radius 3 is 2.60 bits per heavy atom. The van der Waals surface area contributed by atoms with Crippen LogP contribution in [0.5, 0.6) is 11.5 Å². The predicted octanol–water partition coefficient (Wildman–Crippen LogP) is 3.21. The molecule has 0 aliphatic heterocycles. The molecule has 1 N–H and O–H groups in total. The van der Waals surface area contributed by atoms with Gasteiger partial charge in [-0.1, -0.05) is 18.2 Å². The normalized spacial score (nSPS) is 10.4. The number of rotatable bonds is 5. The van der Waals surface area contributed by atoms with E-state index < -0.39 is 0 Å². The minimum atomic E-state index is -0.372. The van der Waals surface area contributed by atoms with E-state index in [0.29, 0.717) is 22.6 Å². The van der Waals surface area contributed by atoms with Crippen molar-refractivity contribution in [1.29, 1.82) is 0 Å². The van der Waals surface area contributed by atoms with Crippen molar-refractivity contribution in [3.63, 3.8) is 0 Å². The van der Waals surface area contributed by atoms with Crippen LogP contribution in [0.1, 0.15) is 16.7 Å². The van der Waals surface area contributed by atoms with E-state index in [2.05, 4.69) is 0 Å². The van der Waals surface area contributed by atoms with Crippen molar-refractivity contribution in [2.75, 3.05) is 7.11 Å². The standard InChI is InChI=1S/C16H17FO3/c1-11-4-3-5-12(9-18)16(11)20-10-13-6-7-14(19-2)8-15(13)17/h3-8,18H,9-10H2,1-2H3. The van der Waals surface area contributed by atoms with E-state index in [1.807, 2.05) is 19.1 Å². The third kappa shape index (κ3) is 3.08. The van der Waals surface area contributed by atoms with E-state index in [9.17, 15) is 9.50 Å². The van der Waals surface area contributed by atoms with Gasteiger partial charge in [0.25, 0.3) is 0 Å². The largest absolute Gasteiger partial charge is 0.497 e. The zero-order valence-electron chi connectivity index (χ0n) is 11.5. The van der Waals surface area contributed by atoms with Crippen LogP contribution >= 0.6 is 0 Å². The van der Waals surface area contributed by atoms with Crippen molar-refractivity contribution in [2.45, 2.75) is 20.1 Å². The molecular formula is C16H17FO3. The Morgan fingerprint density at radius 1 is 1.15 bits per heavy atom. The van der Waals surface area contributed by atoms with Crippen LogP contribution in [0.2, 0.25) is 0 Å². The van der Waals surface area contributed by atoms with E-state index in [-0.39, 0.29) is 19.0 Å². The lowest BCUT2D eigenvalue weighted by Gasteiger charge is -2.13. The van der Waals surface area contributed by atoms with Gasteiger partial charge in [-0.2, -0.15) is 0 Å². The summed E-state index contributed by atoms with van der Waals surface area (Å²) in [5.74, 6) is 0.701. The van der Waals surface area contributed by atoms with Crippen molar-refractivity contribution in [3.8, 4) is 11.5 Å². The quantitative estimate of drug-likeness (QED) is 0.911. The second-order valence-corrected chi connectivity index (χ2v) is 4.47. The molecule has 0 spiro atoms. The van der Waals surface area contributed by atoms with Gasteiger partial charge in [0.1, 0.15) is 23.9 Å². The maximum atomic E-state index is 13.8. The molecule has 0 saturated heterocycles. The Balaban J connectivity index is 2.17. The molecule has 106 valence electrons. The number of methoxy groups -OCH3 is 1. The first-order valence-corrected chi connectivity index (χ1v) is 6.30. The molecule has 0 radical (unpaired) electrons. The third-order valence-corrected chi connectivity index (χ3v) is 3.10. The number of hydrogen-bond acceptors (Lipinski definition) is 3. The van der Waals surface area contributed by atoms with Gasteiger partial charge in [-0.15, -0.1) is 0 Å². The van der Waals surface area contributed by atoms with Crippen LogP contribution in [0.3, 0.4) is 0 Å². The second kappa shape index (κ2) is 6.39. The van der Waals surface area contributed by atoms with Gasteiger partial charge in [-0.3, -0.25) is 0 Å². The summed E-state index contributed by atoms with van der Waals surface area (Å²) in [4.78, 5) is 0. The van der Waals surface area contributed by atoms with Crippen molar-refractivity contribution in [1.82, 2.24) is 0 Å². The summed E-state index contributed by atoms with van der Waals surface area (Å²) < 4.78 is 24.4. The van der Waals surface area contributed by atoms with Gasteiger partial charge in [-0.05, 0) is 24.6 Å². The molecule has 4 heteroatoms. The summed E-state index contributed by atoms with van der Waals surface area (Å²) in [5.41, 5.74) is 2.04. The van der Waals surface area contributed by atoms with E-state index in [1.165, 1.54) is 13.2 Å². The van der Waals surface area contributed by atoms with Gasteiger partial charge in [0.05, 0.1) is 13.7 Å². The number of aliphatic hydroxyl groups excluding tert-OH is 1. The Bertz CT molecular complexity index is 596. The Kier molecular flexibility index (Phi) is 4.58. The van der Waals surface area contributed by atoms with Gasteiger partial charge in [0, 0.05) is 17.2 Å². The molecule has 0 heterocycles. The average molecular weight is 276 g/mol. The summed E-state index contributed by atoms with van der Waals surface area (Å²) in [6.07, 6.45) is 0. The van der Waals surface area contributed by atoms with E-state index in [4.69, 9.17) is 9.47 Å². The van der Waals surface area contributed by atoms with Crippen LogP contribution in [0, 0.1) is 12.7 Å². The number of ether oxygens (including phenoxy) is 2. The number of aliphatic hydroxyl groups is 1. The highest BCUT2D eigenvalue weighted by Crippen LogP contribution is 2.25. The highest BCUT2D eigenvalue weighted by atomic mass is 19.1. The first kappa shape index (κ1) is 14.3. The molecule has 0 unspecified atom stereocenters. The van der Waals surface area contributed by atoms with Crippen LogP contribution in [0.4, 0.5) is 4.39 Å². The maximum Gasteiger partial charge on any atom is 0.133 e. The van der Waals surface area contributed by atoms with E-state index >= 15 is 0 Å². The third-order valence-electron chi connectivity index (χ3n) is 3.10. The van der Waals surface area contributed by atoms with Crippen LogP contribution in [-0.2, 0) is 13.2 Å². The molecule has 20 heavy (non-hydrogen) atoms. The van der Waals surface area contributed by atoms with Gasteiger partial charge in [-0.25, -0.2) is 4.39 Å².